The van der Waals surface area contributed by atoms with Crippen molar-refractivity contribution in [2.24, 2.45) is 5.41 Å². The Morgan fingerprint density at radius 2 is 1.71 bits per heavy atom. The maximum atomic E-state index is 13.3. The van der Waals surface area contributed by atoms with Crippen molar-refractivity contribution >= 4 is 11.9 Å². The molecule has 0 aromatic carbocycles. The largest absolute Gasteiger partial charge is 0.490 e. The highest BCUT2D eigenvalue weighted by Gasteiger charge is 2.43. The molecule has 1 atom stereocenters. The lowest BCUT2D eigenvalue weighted by Crippen LogP contribution is -2.33. The van der Waals surface area contributed by atoms with Crippen LogP contribution in [0.4, 0.5) is 26.3 Å². The standard InChI is InChI=1S/C16H22F3N3O2.C2HF3O2/c1-15(5-2-3-6-15)10-21-7-4-11(9-21)22-13(16(17,18)19)12(8-20-22)14(23)24;3-2(4,5)1(6)7/h8,11H,2-7,9-10H2,1H3,(H,23,24);(H,6,7). The molecule has 7 nitrogen and oxygen atoms in total. The summed E-state index contributed by atoms with van der Waals surface area (Å²) in [5.41, 5.74) is -1.67. The second-order valence-electron chi connectivity index (χ2n) is 8.15. The minimum Gasteiger partial charge on any atom is -0.478 e. The Bertz CT molecular complexity index is 799. The van der Waals surface area contributed by atoms with Crippen LogP contribution in [0.1, 0.15) is 61.1 Å². The van der Waals surface area contributed by atoms with Crippen molar-refractivity contribution in [3.8, 4) is 0 Å². The van der Waals surface area contributed by atoms with Gasteiger partial charge in [0, 0.05) is 19.6 Å². The van der Waals surface area contributed by atoms with E-state index < -0.39 is 41.6 Å². The zero-order valence-electron chi connectivity index (χ0n) is 16.6. The Labute approximate surface area is 173 Å². The summed E-state index contributed by atoms with van der Waals surface area (Å²) >= 11 is 0. The predicted molar refractivity (Wildman–Crippen MR) is 94.5 cm³/mol. The lowest BCUT2D eigenvalue weighted by atomic mass is 9.88. The summed E-state index contributed by atoms with van der Waals surface area (Å²) in [7, 11) is 0. The maximum Gasteiger partial charge on any atom is 0.490 e. The third-order valence-electron chi connectivity index (χ3n) is 5.55. The van der Waals surface area contributed by atoms with Gasteiger partial charge in [0.05, 0.1) is 12.2 Å². The number of aliphatic carboxylic acids is 1. The fraction of sp³-hybridized carbons (Fsp3) is 0.722. The van der Waals surface area contributed by atoms with Gasteiger partial charge in [-0.1, -0.05) is 19.8 Å². The average molecular weight is 459 g/mol. The number of aromatic carboxylic acids is 1. The molecule has 2 heterocycles. The van der Waals surface area contributed by atoms with E-state index >= 15 is 0 Å². The van der Waals surface area contributed by atoms with E-state index in [0.717, 1.165) is 36.8 Å². The summed E-state index contributed by atoms with van der Waals surface area (Å²) in [5.74, 6) is -4.35. The molecular formula is C18H23F6N3O4. The van der Waals surface area contributed by atoms with E-state index in [0.29, 0.717) is 13.0 Å². The highest BCUT2D eigenvalue weighted by atomic mass is 19.4. The third-order valence-corrected chi connectivity index (χ3v) is 5.55. The van der Waals surface area contributed by atoms with Gasteiger partial charge in [-0.25, -0.2) is 9.59 Å². The van der Waals surface area contributed by atoms with Gasteiger partial charge in [-0.2, -0.15) is 31.4 Å². The number of likely N-dealkylation sites (tertiary alicyclic amines) is 1. The van der Waals surface area contributed by atoms with Crippen molar-refractivity contribution in [2.75, 3.05) is 19.6 Å². The number of hydrogen-bond acceptors (Lipinski definition) is 4. The van der Waals surface area contributed by atoms with Crippen LogP contribution in [0.15, 0.2) is 6.20 Å². The molecule has 0 bridgehead atoms. The van der Waals surface area contributed by atoms with Crippen LogP contribution in [0.2, 0.25) is 0 Å². The van der Waals surface area contributed by atoms with Gasteiger partial charge in [0.1, 0.15) is 5.56 Å². The summed E-state index contributed by atoms with van der Waals surface area (Å²) in [5, 5.41) is 19.9. The van der Waals surface area contributed by atoms with Crippen LogP contribution in [-0.2, 0) is 11.0 Å². The summed E-state index contributed by atoms with van der Waals surface area (Å²) in [6, 6.07) is -0.431. The van der Waals surface area contributed by atoms with Crippen molar-refractivity contribution < 1.29 is 46.1 Å². The Morgan fingerprint density at radius 1 is 1.16 bits per heavy atom. The first-order chi connectivity index (χ1) is 14.1. The molecule has 1 aromatic rings. The first kappa shape index (κ1) is 25.0. The van der Waals surface area contributed by atoms with E-state index in [1.54, 1.807) is 0 Å². The van der Waals surface area contributed by atoms with E-state index in [1.165, 1.54) is 12.8 Å². The van der Waals surface area contributed by atoms with Crippen LogP contribution >= 0.6 is 0 Å². The molecule has 0 radical (unpaired) electrons. The highest BCUT2D eigenvalue weighted by molar-refractivity contribution is 5.88. The molecule has 1 aliphatic heterocycles. The Kier molecular flexibility index (Phi) is 7.28. The fourth-order valence-corrected chi connectivity index (χ4v) is 4.16. The second kappa shape index (κ2) is 9.05. The third kappa shape index (κ3) is 6.34. The van der Waals surface area contributed by atoms with E-state index in [4.69, 9.17) is 15.0 Å². The van der Waals surface area contributed by atoms with Gasteiger partial charge in [-0.05, 0) is 24.7 Å². The average Bonchev–Trinajstić information content (AvgIpc) is 3.32. The van der Waals surface area contributed by atoms with Crippen molar-refractivity contribution in [1.29, 1.82) is 0 Å². The van der Waals surface area contributed by atoms with Gasteiger partial charge in [-0.15, -0.1) is 0 Å². The fourth-order valence-electron chi connectivity index (χ4n) is 4.16. The molecule has 2 fully saturated rings. The van der Waals surface area contributed by atoms with Gasteiger partial charge in [-0.3, -0.25) is 4.68 Å². The molecule has 1 saturated carbocycles. The van der Waals surface area contributed by atoms with E-state index in [2.05, 4.69) is 16.9 Å². The predicted octanol–water partition coefficient (Wildman–Crippen LogP) is 4.06. The quantitative estimate of drug-likeness (QED) is 0.660. The smallest absolute Gasteiger partial charge is 0.478 e. The lowest BCUT2D eigenvalue weighted by molar-refractivity contribution is -0.192. The maximum absolute atomic E-state index is 13.3. The zero-order valence-corrected chi connectivity index (χ0v) is 16.6. The number of hydrogen-bond donors (Lipinski definition) is 2. The number of aromatic nitrogens is 2. The molecule has 1 unspecified atom stereocenters. The number of nitrogens with zero attached hydrogens (tertiary/aromatic N) is 3. The minimum absolute atomic E-state index is 0.248. The molecule has 1 aromatic heterocycles. The van der Waals surface area contributed by atoms with Crippen molar-refractivity contribution in [2.45, 2.75) is 57.4 Å². The normalized spacial score (nSPS) is 21.6. The number of carbonyl (C=O) groups is 2. The lowest BCUT2D eigenvalue weighted by Gasteiger charge is -2.29. The number of carboxylic acid groups (broad SMARTS) is 2. The Hall–Kier alpha value is -2.31. The second-order valence-corrected chi connectivity index (χ2v) is 8.15. The summed E-state index contributed by atoms with van der Waals surface area (Å²) in [6.07, 6.45) is -3.69. The summed E-state index contributed by atoms with van der Waals surface area (Å²) < 4.78 is 72.5. The number of carboxylic acids is 2. The Morgan fingerprint density at radius 3 is 2.16 bits per heavy atom. The van der Waals surface area contributed by atoms with Crippen molar-refractivity contribution in [1.82, 2.24) is 14.7 Å². The van der Waals surface area contributed by atoms with Crippen LogP contribution < -0.4 is 0 Å². The van der Waals surface area contributed by atoms with Crippen molar-refractivity contribution in [3.63, 3.8) is 0 Å². The number of alkyl halides is 6. The molecule has 2 aliphatic rings. The van der Waals surface area contributed by atoms with Gasteiger partial charge < -0.3 is 15.1 Å². The number of halogens is 6. The van der Waals surface area contributed by atoms with Gasteiger partial charge >= 0.3 is 24.3 Å². The molecule has 1 aliphatic carbocycles. The highest BCUT2D eigenvalue weighted by Crippen LogP contribution is 2.40. The van der Waals surface area contributed by atoms with Gasteiger partial charge in [0.2, 0.25) is 0 Å². The number of rotatable bonds is 4. The van der Waals surface area contributed by atoms with Crippen LogP contribution in [0.25, 0.3) is 0 Å². The molecule has 31 heavy (non-hydrogen) atoms. The SMILES string of the molecule is CC1(CN2CCC(n3ncc(C(=O)O)c3C(F)(F)F)C2)CCCC1.O=C(O)C(F)(F)F. The van der Waals surface area contributed by atoms with Crippen LogP contribution in [0.5, 0.6) is 0 Å². The summed E-state index contributed by atoms with van der Waals surface area (Å²) in [6.45, 7) is 4.34. The zero-order chi connectivity index (χ0) is 23.6. The minimum atomic E-state index is -5.08. The topological polar surface area (TPSA) is 95.7 Å². The molecule has 1 saturated heterocycles. The van der Waals surface area contributed by atoms with Crippen LogP contribution in [0.3, 0.4) is 0 Å². The molecule has 0 spiro atoms. The van der Waals surface area contributed by atoms with E-state index in [-0.39, 0.29) is 5.41 Å². The van der Waals surface area contributed by atoms with Crippen LogP contribution in [-0.4, -0.2) is 62.6 Å². The molecule has 0 amide bonds. The molecule has 13 heteroatoms. The van der Waals surface area contributed by atoms with Crippen molar-refractivity contribution in [3.05, 3.63) is 17.5 Å². The monoisotopic (exact) mass is 459 g/mol. The van der Waals surface area contributed by atoms with Gasteiger partial charge in [0.15, 0.2) is 5.69 Å². The first-order valence-electron chi connectivity index (χ1n) is 9.54. The van der Waals surface area contributed by atoms with Gasteiger partial charge in [0.25, 0.3) is 0 Å². The first-order valence-corrected chi connectivity index (χ1v) is 9.54. The summed E-state index contributed by atoms with van der Waals surface area (Å²) in [4.78, 5) is 22.2. The molecule has 176 valence electrons. The van der Waals surface area contributed by atoms with E-state index in [1.807, 2.05) is 0 Å². The van der Waals surface area contributed by atoms with Crippen LogP contribution in [0, 0.1) is 5.41 Å². The molecular weight excluding hydrogens is 436 g/mol. The molecule has 2 N–H and O–H groups in total. The Balaban J connectivity index is 0.000000423. The molecule has 3 rings (SSSR count). The van der Waals surface area contributed by atoms with E-state index in [9.17, 15) is 31.1 Å².